The van der Waals surface area contributed by atoms with Gasteiger partial charge in [0.05, 0.1) is 6.61 Å². The Hall–Kier alpha value is -1.63. The number of ether oxygens (including phenoxy) is 1. The molecular weight excluding hydrogens is 268 g/mol. The minimum atomic E-state index is 0.385. The predicted molar refractivity (Wildman–Crippen MR) is 83.9 cm³/mol. The highest BCUT2D eigenvalue weighted by Crippen LogP contribution is 2.15. The molecule has 2 rings (SSSR count). The highest BCUT2D eigenvalue weighted by molar-refractivity contribution is 5.36. The Balaban J connectivity index is 2.06. The number of likely N-dealkylation sites (N-methyl/N-ethyl adjacent to an activating group) is 1. The summed E-state index contributed by atoms with van der Waals surface area (Å²) in [6.45, 7) is 7.73. The Morgan fingerprint density at radius 2 is 2.00 bits per heavy atom. The van der Waals surface area contributed by atoms with E-state index in [1.54, 1.807) is 0 Å². The molecule has 1 aliphatic rings. The van der Waals surface area contributed by atoms with E-state index in [0.29, 0.717) is 30.6 Å². The monoisotopic (exact) mass is 294 g/mol. The Kier molecular flexibility index (Phi) is 5.98. The minimum absolute atomic E-state index is 0.385. The van der Waals surface area contributed by atoms with Gasteiger partial charge < -0.3 is 20.3 Å². The van der Waals surface area contributed by atoms with Crippen molar-refractivity contribution in [1.29, 1.82) is 0 Å². The molecule has 0 spiro atoms. The third-order valence-electron chi connectivity index (χ3n) is 3.31. The third-order valence-corrected chi connectivity index (χ3v) is 3.31. The van der Waals surface area contributed by atoms with Crippen LogP contribution in [0.4, 0.5) is 11.9 Å². The quantitative estimate of drug-likeness (QED) is 0.754. The number of hydrogen-bond acceptors (Lipinski definition) is 7. The first-order valence-corrected chi connectivity index (χ1v) is 7.79. The van der Waals surface area contributed by atoms with Crippen molar-refractivity contribution in [3.05, 3.63) is 0 Å². The smallest absolute Gasteiger partial charge is 0.323 e. The zero-order valence-corrected chi connectivity index (χ0v) is 13.2. The predicted octanol–water partition coefficient (Wildman–Crippen LogP) is 1.60. The summed E-state index contributed by atoms with van der Waals surface area (Å²) in [5.74, 6) is 1.17. The van der Waals surface area contributed by atoms with Crippen molar-refractivity contribution in [2.24, 2.45) is 0 Å². The van der Waals surface area contributed by atoms with E-state index in [4.69, 9.17) is 4.74 Å². The van der Waals surface area contributed by atoms with Gasteiger partial charge in [-0.1, -0.05) is 13.8 Å². The van der Waals surface area contributed by atoms with Crippen molar-refractivity contribution in [2.75, 3.05) is 43.9 Å². The Morgan fingerprint density at radius 1 is 1.19 bits per heavy atom. The van der Waals surface area contributed by atoms with E-state index in [1.165, 1.54) is 0 Å². The molecule has 1 aromatic rings. The second kappa shape index (κ2) is 7.97. The summed E-state index contributed by atoms with van der Waals surface area (Å²) in [6.07, 6.45) is 3.05. The van der Waals surface area contributed by atoms with E-state index < -0.39 is 0 Å². The molecule has 1 fully saturated rings. The van der Waals surface area contributed by atoms with Crippen molar-refractivity contribution in [1.82, 2.24) is 19.9 Å². The van der Waals surface area contributed by atoms with Crippen LogP contribution in [-0.2, 0) is 0 Å². The summed E-state index contributed by atoms with van der Waals surface area (Å²) < 4.78 is 5.55. The van der Waals surface area contributed by atoms with E-state index in [2.05, 4.69) is 51.4 Å². The van der Waals surface area contributed by atoms with Gasteiger partial charge in [-0.05, 0) is 32.9 Å². The van der Waals surface area contributed by atoms with Gasteiger partial charge in [-0.3, -0.25) is 0 Å². The van der Waals surface area contributed by atoms with Crippen molar-refractivity contribution in [2.45, 2.75) is 39.2 Å². The van der Waals surface area contributed by atoms with Crippen molar-refractivity contribution < 1.29 is 4.74 Å². The van der Waals surface area contributed by atoms with Gasteiger partial charge in [0.25, 0.3) is 0 Å². The first-order valence-electron chi connectivity index (χ1n) is 7.79. The first kappa shape index (κ1) is 15.8. The van der Waals surface area contributed by atoms with Crippen molar-refractivity contribution in [3.63, 3.8) is 0 Å². The third kappa shape index (κ3) is 5.00. The molecule has 7 nitrogen and oxygen atoms in total. The summed E-state index contributed by atoms with van der Waals surface area (Å²) in [5.41, 5.74) is 0. The van der Waals surface area contributed by atoms with Crippen LogP contribution in [0.1, 0.15) is 33.1 Å². The largest absolute Gasteiger partial charge is 0.463 e. The van der Waals surface area contributed by atoms with Crippen LogP contribution in [0.25, 0.3) is 0 Å². The maximum absolute atomic E-state index is 5.55. The fourth-order valence-electron chi connectivity index (χ4n) is 2.23. The first-order chi connectivity index (χ1) is 10.2. The summed E-state index contributed by atoms with van der Waals surface area (Å²) in [6, 6.07) is 0.773. The number of likely N-dealkylation sites (tertiary alicyclic amines) is 1. The molecule has 1 aromatic heterocycles. The van der Waals surface area contributed by atoms with E-state index in [0.717, 1.165) is 38.9 Å². The van der Waals surface area contributed by atoms with Crippen LogP contribution >= 0.6 is 0 Å². The number of aromatic nitrogens is 3. The lowest BCUT2D eigenvalue weighted by atomic mass is 10.3. The summed E-state index contributed by atoms with van der Waals surface area (Å²) in [5, 5.41) is 6.57. The number of rotatable bonds is 8. The number of anilines is 2. The van der Waals surface area contributed by atoms with E-state index in [1.807, 2.05) is 0 Å². The van der Waals surface area contributed by atoms with Crippen LogP contribution in [0, 0.1) is 0 Å². The molecule has 1 atom stereocenters. The molecule has 1 aliphatic heterocycles. The molecule has 0 radical (unpaired) electrons. The van der Waals surface area contributed by atoms with E-state index >= 15 is 0 Å². The van der Waals surface area contributed by atoms with Crippen molar-refractivity contribution >= 4 is 11.9 Å². The molecule has 7 heteroatoms. The zero-order chi connectivity index (χ0) is 15.1. The van der Waals surface area contributed by atoms with Gasteiger partial charge in [0.15, 0.2) is 0 Å². The van der Waals surface area contributed by atoms with Gasteiger partial charge in [0, 0.05) is 19.1 Å². The molecule has 21 heavy (non-hydrogen) atoms. The van der Waals surface area contributed by atoms with Crippen LogP contribution in [0.3, 0.4) is 0 Å². The van der Waals surface area contributed by atoms with Crippen LogP contribution in [-0.4, -0.2) is 59.2 Å². The van der Waals surface area contributed by atoms with Crippen LogP contribution in [0.2, 0.25) is 0 Å². The van der Waals surface area contributed by atoms with Crippen molar-refractivity contribution in [3.8, 4) is 6.01 Å². The lowest BCUT2D eigenvalue weighted by molar-refractivity contribution is 0.292. The second-order valence-corrected chi connectivity index (χ2v) is 5.43. The number of hydrogen-bond donors (Lipinski definition) is 2. The summed E-state index contributed by atoms with van der Waals surface area (Å²) in [4.78, 5) is 15.4. The van der Waals surface area contributed by atoms with Gasteiger partial charge in [-0.25, -0.2) is 0 Å². The highest BCUT2D eigenvalue weighted by Gasteiger charge is 2.20. The Labute approximate surface area is 126 Å². The van der Waals surface area contributed by atoms with Gasteiger partial charge in [-0.15, -0.1) is 0 Å². The average Bonchev–Trinajstić information content (AvgIpc) is 2.88. The molecule has 1 saturated heterocycles. The van der Waals surface area contributed by atoms with E-state index in [9.17, 15) is 0 Å². The number of nitrogens with one attached hydrogen (secondary N) is 2. The Morgan fingerprint density at radius 3 is 2.67 bits per heavy atom. The summed E-state index contributed by atoms with van der Waals surface area (Å²) in [7, 11) is 2.12. The van der Waals surface area contributed by atoms with Gasteiger partial charge in [-0.2, -0.15) is 15.0 Å². The van der Waals surface area contributed by atoms with Gasteiger partial charge in [0.1, 0.15) is 0 Å². The molecule has 2 N–H and O–H groups in total. The molecular formula is C14H26N6O. The highest BCUT2D eigenvalue weighted by atomic mass is 16.5. The minimum Gasteiger partial charge on any atom is -0.463 e. The van der Waals surface area contributed by atoms with Crippen LogP contribution < -0.4 is 15.4 Å². The molecule has 0 saturated carbocycles. The maximum atomic E-state index is 5.55. The lowest BCUT2D eigenvalue weighted by Gasteiger charge is -2.14. The fourth-order valence-corrected chi connectivity index (χ4v) is 2.23. The van der Waals surface area contributed by atoms with E-state index in [-0.39, 0.29) is 0 Å². The molecule has 0 aromatic carbocycles. The molecule has 1 unspecified atom stereocenters. The molecule has 2 heterocycles. The second-order valence-electron chi connectivity index (χ2n) is 5.43. The van der Waals surface area contributed by atoms with Crippen LogP contribution in [0.5, 0.6) is 6.01 Å². The average molecular weight is 294 g/mol. The Bertz CT molecular complexity index is 415. The zero-order valence-electron chi connectivity index (χ0n) is 13.2. The SMILES string of the molecule is CCCNc1nc(NC2CCN(C)C2)nc(OCCC)n1. The lowest BCUT2D eigenvalue weighted by Crippen LogP contribution is -2.25. The standard InChI is InChI=1S/C14H26N6O/c1-4-7-15-12-17-13(16-11-6-8-20(3)10-11)19-14(18-12)21-9-5-2/h11H,4-10H2,1-3H3,(H2,15,16,17,18,19). The molecule has 0 bridgehead atoms. The van der Waals surface area contributed by atoms with Gasteiger partial charge in [0.2, 0.25) is 11.9 Å². The molecule has 0 aliphatic carbocycles. The molecule has 118 valence electrons. The normalized spacial score (nSPS) is 18.7. The fraction of sp³-hybridized carbons (Fsp3) is 0.786. The maximum Gasteiger partial charge on any atom is 0.323 e. The topological polar surface area (TPSA) is 75.2 Å². The van der Waals surface area contributed by atoms with Crippen LogP contribution in [0.15, 0.2) is 0 Å². The molecule has 0 amide bonds. The summed E-state index contributed by atoms with van der Waals surface area (Å²) >= 11 is 0. The van der Waals surface area contributed by atoms with Gasteiger partial charge >= 0.3 is 6.01 Å². The number of nitrogens with zero attached hydrogens (tertiary/aromatic N) is 4.